The zero-order chi connectivity index (χ0) is 17.2. The van der Waals surface area contributed by atoms with Crippen molar-refractivity contribution in [3.8, 4) is 0 Å². The molecule has 0 fully saturated rings. The van der Waals surface area contributed by atoms with Gasteiger partial charge in [-0.3, -0.25) is 4.79 Å². The summed E-state index contributed by atoms with van der Waals surface area (Å²) >= 11 is 1.63. The molecule has 0 aliphatic carbocycles. The van der Waals surface area contributed by atoms with Crippen molar-refractivity contribution in [1.29, 1.82) is 0 Å². The molecule has 0 aliphatic heterocycles. The van der Waals surface area contributed by atoms with E-state index >= 15 is 0 Å². The Morgan fingerprint density at radius 3 is 2.50 bits per heavy atom. The Morgan fingerprint density at radius 2 is 1.83 bits per heavy atom. The second-order valence-corrected chi connectivity index (χ2v) is 5.99. The van der Waals surface area contributed by atoms with Gasteiger partial charge in [0.15, 0.2) is 0 Å². The molecule has 5 nitrogen and oxygen atoms in total. The van der Waals surface area contributed by atoms with Gasteiger partial charge in [0, 0.05) is 17.1 Å². The molecule has 0 atom stereocenters. The van der Waals surface area contributed by atoms with Crippen LogP contribution in [0.2, 0.25) is 0 Å². The normalized spacial score (nSPS) is 10.5. The average molecular weight is 342 g/mol. The van der Waals surface area contributed by atoms with Gasteiger partial charge in [0.2, 0.25) is 5.91 Å². The molecule has 0 radical (unpaired) electrons. The lowest BCUT2D eigenvalue weighted by molar-refractivity contribution is -0.120. The van der Waals surface area contributed by atoms with Gasteiger partial charge in [0.1, 0.15) is 0 Å². The molecule has 0 spiro atoms. The van der Waals surface area contributed by atoms with Crippen LogP contribution < -0.4 is 5.43 Å². The van der Waals surface area contributed by atoms with E-state index in [4.69, 9.17) is 0 Å². The van der Waals surface area contributed by atoms with Gasteiger partial charge in [-0.25, -0.2) is 10.2 Å². The molecule has 124 valence electrons. The maximum absolute atomic E-state index is 11.7. The second kappa shape index (κ2) is 9.52. The van der Waals surface area contributed by atoms with Gasteiger partial charge >= 0.3 is 5.97 Å². The number of hydrogen-bond acceptors (Lipinski definition) is 5. The molecule has 0 saturated carbocycles. The van der Waals surface area contributed by atoms with Crippen molar-refractivity contribution in [2.75, 3.05) is 12.9 Å². The predicted molar refractivity (Wildman–Crippen MR) is 95.3 cm³/mol. The van der Waals surface area contributed by atoms with E-state index in [1.165, 1.54) is 13.3 Å². The SMILES string of the molecule is COC(=O)c1ccc(/C=N\NC(=O)CCSc2ccccc2)cc1. The standard InChI is InChI=1S/C18H18N2O3S/c1-23-18(22)15-9-7-14(8-10-15)13-19-20-17(21)11-12-24-16-5-3-2-4-6-16/h2-10,13H,11-12H2,1H3,(H,20,21)/b19-13-. The van der Waals surface area contributed by atoms with Crippen LogP contribution in [0.5, 0.6) is 0 Å². The van der Waals surface area contributed by atoms with Crippen molar-refractivity contribution < 1.29 is 14.3 Å². The molecule has 1 N–H and O–H groups in total. The first-order valence-corrected chi connectivity index (χ1v) is 8.36. The Balaban J connectivity index is 1.72. The van der Waals surface area contributed by atoms with E-state index in [0.29, 0.717) is 17.7 Å². The fourth-order valence-electron chi connectivity index (χ4n) is 1.84. The van der Waals surface area contributed by atoms with E-state index in [-0.39, 0.29) is 11.9 Å². The minimum atomic E-state index is -0.386. The van der Waals surface area contributed by atoms with E-state index in [2.05, 4.69) is 15.3 Å². The smallest absolute Gasteiger partial charge is 0.337 e. The van der Waals surface area contributed by atoms with Crippen LogP contribution in [0.3, 0.4) is 0 Å². The first kappa shape index (κ1) is 17.7. The van der Waals surface area contributed by atoms with Crippen molar-refractivity contribution >= 4 is 29.9 Å². The largest absolute Gasteiger partial charge is 0.465 e. The van der Waals surface area contributed by atoms with Crippen LogP contribution in [-0.4, -0.2) is 31.0 Å². The Bertz CT molecular complexity index is 700. The van der Waals surface area contributed by atoms with E-state index < -0.39 is 0 Å². The summed E-state index contributed by atoms with van der Waals surface area (Å²) in [6.07, 6.45) is 1.92. The molecule has 0 bridgehead atoms. The number of rotatable bonds is 7. The number of nitrogens with one attached hydrogen (secondary N) is 1. The molecule has 0 unspecified atom stereocenters. The molecular formula is C18H18N2O3S. The van der Waals surface area contributed by atoms with E-state index in [9.17, 15) is 9.59 Å². The average Bonchev–Trinajstić information content (AvgIpc) is 2.62. The molecule has 0 heterocycles. The number of hydrazone groups is 1. The number of thioether (sulfide) groups is 1. The second-order valence-electron chi connectivity index (χ2n) is 4.82. The van der Waals surface area contributed by atoms with Gasteiger partial charge in [0.05, 0.1) is 18.9 Å². The quantitative estimate of drug-likeness (QED) is 0.363. The Morgan fingerprint density at radius 1 is 1.12 bits per heavy atom. The maximum atomic E-state index is 11.7. The highest BCUT2D eigenvalue weighted by Crippen LogP contribution is 2.17. The minimum Gasteiger partial charge on any atom is -0.465 e. The van der Waals surface area contributed by atoms with Gasteiger partial charge in [-0.15, -0.1) is 11.8 Å². The number of hydrogen-bond donors (Lipinski definition) is 1. The number of methoxy groups -OCH3 is 1. The number of nitrogens with zero attached hydrogens (tertiary/aromatic N) is 1. The van der Waals surface area contributed by atoms with E-state index in [0.717, 1.165) is 10.5 Å². The predicted octanol–water partition coefficient (Wildman–Crippen LogP) is 3.11. The van der Waals surface area contributed by atoms with Gasteiger partial charge in [0.25, 0.3) is 0 Å². The van der Waals surface area contributed by atoms with Crippen LogP contribution in [0.1, 0.15) is 22.3 Å². The van der Waals surface area contributed by atoms with Gasteiger partial charge in [-0.1, -0.05) is 30.3 Å². The first-order valence-electron chi connectivity index (χ1n) is 7.37. The van der Waals surface area contributed by atoms with Crippen LogP contribution in [-0.2, 0) is 9.53 Å². The minimum absolute atomic E-state index is 0.138. The van der Waals surface area contributed by atoms with Crippen molar-refractivity contribution in [3.63, 3.8) is 0 Å². The monoisotopic (exact) mass is 342 g/mol. The molecule has 0 aliphatic rings. The van der Waals surface area contributed by atoms with Crippen molar-refractivity contribution in [3.05, 3.63) is 65.7 Å². The number of esters is 1. The Labute approximate surface area is 145 Å². The topological polar surface area (TPSA) is 67.8 Å². The highest BCUT2D eigenvalue weighted by atomic mass is 32.2. The number of benzene rings is 2. The molecule has 2 aromatic rings. The molecule has 0 saturated heterocycles. The molecule has 2 rings (SSSR count). The summed E-state index contributed by atoms with van der Waals surface area (Å²) in [4.78, 5) is 24.2. The Kier molecular flexibility index (Phi) is 7.04. The molecule has 6 heteroatoms. The summed E-state index contributed by atoms with van der Waals surface area (Å²) in [6, 6.07) is 16.7. The van der Waals surface area contributed by atoms with Crippen LogP contribution in [0.15, 0.2) is 64.6 Å². The van der Waals surface area contributed by atoms with Gasteiger partial charge in [-0.2, -0.15) is 5.10 Å². The van der Waals surface area contributed by atoms with Crippen LogP contribution in [0.25, 0.3) is 0 Å². The van der Waals surface area contributed by atoms with Gasteiger partial charge < -0.3 is 4.74 Å². The number of carbonyl (C=O) groups excluding carboxylic acids is 2. The summed E-state index contributed by atoms with van der Waals surface area (Å²) < 4.78 is 4.63. The van der Waals surface area contributed by atoms with Crippen molar-refractivity contribution in [2.24, 2.45) is 5.10 Å². The lowest BCUT2D eigenvalue weighted by Gasteiger charge is -2.01. The lowest BCUT2D eigenvalue weighted by atomic mass is 10.1. The third-order valence-electron chi connectivity index (χ3n) is 3.08. The fourth-order valence-corrected chi connectivity index (χ4v) is 2.71. The molecule has 1 amide bonds. The first-order chi connectivity index (χ1) is 11.7. The van der Waals surface area contributed by atoms with E-state index in [1.807, 2.05) is 30.3 Å². The van der Waals surface area contributed by atoms with Crippen molar-refractivity contribution in [2.45, 2.75) is 11.3 Å². The maximum Gasteiger partial charge on any atom is 0.337 e. The lowest BCUT2D eigenvalue weighted by Crippen LogP contribution is -2.17. The van der Waals surface area contributed by atoms with Crippen LogP contribution in [0, 0.1) is 0 Å². The zero-order valence-corrected chi connectivity index (χ0v) is 14.1. The summed E-state index contributed by atoms with van der Waals surface area (Å²) in [5.41, 5.74) is 3.74. The Hall–Kier alpha value is -2.60. The summed E-state index contributed by atoms with van der Waals surface area (Å²) in [5.74, 6) is 0.169. The highest BCUT2D eigenvalue weighted by Gasteiger charge is 2.03. The molecule has 24 heavy (non-hydrogen) atoms. The fraction of sp³-hybridized carbons (Fsp3) is 0.167. The summed E-state index contributed by atoms with van der Waals surface area (Å²) in [7, 11) is 1.34. The highest BCUT2D eigenvalue weighted by molar-refractivity contribution is 7.99. The zero-order valence-electron chi connectivity index (χ0n) is 13.3. The van der Waals surface area contributed by atoms with Crippen molar-refractivity contribution in [1.82, 2.24) is 5.43 Å². The van der Waals surface area contributed by atoms with Crippen LogP contribution >= 0.6 is 11.8 Å². The molecule has 2 aromatic carbocycles. The van der Waals surface area contributed by atoms with E-state index in [1.54, 1.807) is 36.0 Å². The third-order valence-corrected chi connectivity index (χ3v) is 4.09. The summed E-state index contributed by atoms with van der Waals surface area (Å²) in [6.45, 7) is 0. The molecular weight excluding hydrogens is 324 g/mol. The van der Waals surface area contributed by atoms with Crippen LogP contribution in [0.4, 0.5) is 0 Å². The third kappa shape index (κ3) is 5.89. The summed E-state index contributed by atoms with van der Waals surface area (Å²) in [5, 5.41) is 3.91. The molecule has 0 aromatic heterocycles. The van der Waals surface area contributed by atoms with Gasteiger partial charge in [-0.05, 0) is 29.8 Å². The number of ether oxygens (including phenoxy) is 1. The number of amides is 1. The number of carbonyl (C=O) groups is 2.